The van der Waals surface area contributed by atoms with Crippen LogP contribution in [0, 0.1) is 25.2 Å². The van der Waals surface area contributed by atoms with Crippen molar-refractivity contribution in [3.8, 4) is 28.9 Å². The van der Waals surface area contributed by atoms with Crippen LogP contribution in [-0.2, 0) is 6.42 Å². The zero-order valence-corrected chi connectivity index (χ0v) is 20.0. The second-order valence-corrected chi connectivity index (χ2v) is 8.82. The molecule has 0 aliphatic carbocycles. The summed E-state index contributed by atoms with van der Waals surface area (Å²) in [7, 11) is 0. The Hall–Kier alpha value is -4.15. The highest BCUT2D eigenvalue weighted by atomic mass is 16.5. The summed E-state index contributed by atoms with van der Waals surface area (Å²) in [5, 5.41) is 15.8. The highest BCUT2D eigenvalue weighted by Crippen LogP contribution is 2.31. The number of aryl methyl sites for hydroxylation is 2. The number of rotatable bonds is 7. The van der Waals surface area contributed by atoms with Gasteiger partial charge in [-0.1, -0.05) is 12.1 Å². The number of fused-ring (bicyclic) bond motifs is 1. The van der Waals surface area contributed by atoms with E-state index < -0.39 is 0 Å². The lowest BCUT2D eigenvalue weighted by Gasteiger charge is -2.27. The van der Waals surface area contributed by atoms with E-state index in [0.717, 1.165) is 53.5 Å². The maximum atomic E-state index is 8.90. The number of ether oxygens (including phenoxy) is 1. The Morgan fingerprint density at radius 1 is 1.03 bits per heavy atom. The van der Waals surface area contributed by atoms with Gasteiger partial charge in [0.1, 0.15) is 11.9 Å². The van der Waals surface area contributed by atoms with Gasteiger partial charge < -0.3 is 19.9 Å². The van der Waals surface area contributed by atoms with Gasteiger partial charge in [0.25, 0.3) is 0 Å². The van der Waals surface area contributed by atoms with Gasteiger partial charge in [-0.25, -0.2) is 9.97 Å². The summed E-state index contributed by atoms with van der Waals surface area (Å²) in [5.74, 6) is 1.54. The summed E-state index contributed by atoms with van der Waals surface area (Å²) in [6.07, 6.45) is 4.64. The van der Waals surface area contributed by atoms with E-state index in [1.807, 2.05) is 42.7 Å². The third kappa shape index (κ3) is 5.03. The largest absolute Gasteiger partial charge is 0.470 e. The maximum Gasteiger partial charge on any atom is 0.237 e. The first-order valence-electron chi connectivity index (χ1n) is 11.8. The predicted molar refractivity (Wildman–Crippen MR) is 137 cm³/mol. The van der Waals surface area contributed by atoms with E-state index in [1.54, 1.807) is 0 Å². The van der Waals surface area contributed by atoms with Gasteiger partial charge in [-0.05, 0) is 74.8 Å². The number of hydrogen-bond acceptors (Lipinski definition) is 6. The molecule has 0 bridgehead atoms. The molecule has 0 spiro atoms. The van der Waals surface area contributed by atoms with Crippen molar-refractivity contribution in [2.75, 3.05) is 25.0 Å². The Balaban J connectivity index is 1.16. The highest BCUT2D eigenvalue weighted by molar-refractivity contribution is 5.70. The summed E-state index contributed by atoms with van der Waals surface area (Å²) in [5.41, 5.74) is 7.14. The van der Waals surface area contributed by atoms with Crippen molar-refractivity contribution in [2.45, 2.75) is 26.4 Å². The molecule has 3 aromatic heterocycles. The molecule has 2 N–H and O–H groups in total. The number of pyridine rings is 2. The van der Waals surface area contributed by atoms with Crippen molar-refractivity contribution in [2.24, 2.45) is 0 Å². The van der Waals surface area contributed by atoms with Crippen LogP contribution in [-0.4, -0.2) is 40.3 Å². The van der Waals surface area contributed by atoms with Gasteiger partial charge in [-0.2, -0.15) is 5.26 Å². The molecule has 0 amide bonds. The first kappa shape index (κ1) is 22.6. The maximum absolute atomic E-state index is 8.90. The lowest BCUT2D eigenvalue weighted by Crippen LogP contribution is -2.40. The SMILES string of the molecule is Cc1ccc(C)n1-c1ccc(-c2cnc3c(c2)NC[C@@H](CNCCc2ccc(C#N)cc2)O3)cn1. The van der Waals surface area contributed by atoms with Crippen LogP contribution in [0.4, 0.5) is 5.69 Å². The van der Waals surface area contributed by atoms with Crippen LogP contribution in [0.15, 0.2) is 67.0 Å². The van der Waals surface area contributed by atoms with Gasteiger partial charge in [-0.3, -0.25) is 0 Å². The van der Waals surface area contributed by atoms with E-state index in [0.29, 0.717) is 18.0 Å². The van der Waals surface area contributed by atoms with Crippen LogP contribution in [0.5, 0.6) is 5.88 Å². The molecule has 1 aliphatic heterocycles. The zero-order chi connectivity index (χ0) is 24.2. The fraction of sp³-hybridized carbons (Fsp3) is 0.250. The number of anilines is 1. The number of nitrogens with zero attached hydrogens (tertiary/aromatic N) is 4. The molecular weight excluding hydrogens is 436 g/mol. The van der Waals surface area contributed by atoms with Gasteiger partial charge >= 0.3 is 0 Å². The molecule has 7 heteroatoms. The Kier molecular flexibility index (Phi) is 6.47. The molecule has 7 nitrogen and oxygen atoms in total. The fourth-order valence-electron chi connectivity index (χ4n) is 4.33. The lowest BCUT2D eigenvalue weighted by molar-refractivity contribution is 0.194. The molecule has 0 fully saturated rings. The molecule has 0 unspecified atom stereocenters. The second-order valence-electron chi connectivity index (χ2n) is 8.82. The normalized spacial score (nSPS) is 14.5. The number of nitriles is 1. The van der Waals surface area contributed by atoms with E-state index in [2.05, 4.69) is 69.4 Å². The van der Waals surface area contributed by atoms with Crippen LogP contribution in [0.1, 0.15) is 22.5 Å². The Morgan fingerprint density at radius 3 is 2.51 bits per heavy atom. The second kappa shape index (κ2) is 10.00. The molecule has 1 atom stereocenters. The summed E-state index contributed by atoms with van der Waals surface area (Å²) in [6.45, 7) is 6.46. The molecule has 35 heavy (non-hydrogen) atoms. The number of aromatic nitrogens is 3. The Labute approximate surface area is 205 Å². The summed E-state index contributed by atoms with van der Waals surface area (Å²) in [4.78, 5) is 9.24. The van der Waals surface area contributed by atoms with Crippen molar-refractivity contribution in [3.05, 3.63) is 89.5 Å². The van der Waals surface area contributed by atoms with Crippen molar-refractivity contribution >= 4 is 5.69 Å². The Morgan fingerprint density at radius 2 is 1.80 bits per heavy atom. The molecule has 0 radical (unpaired) electrons. The van der Waals surface area contributed by atoms with E-state index in [1.165, 1.54) is 5.56 Å². The standard InChI is InChI=1S/C28H28N6O/c1-19-3-4-20(2)34(19)27-10-9-23(15-32-27)24-13-26-28(33-16-24)35-25(18-31-26)17-30-12-11-21-5-7-22(14-29)8-6-21/h3-10,13,15-16,25,30-31H,11-12,17-18H2,1-2H3/t25-/m1/s1. The third-order valence-electron chi connectivity index (χ3n) is 6.28. The smallest absolute Gasteiger partial charge is 0.237 e. The predicted octanol–water partition coefficient (Wildman–Crippen LogP) is 4.43. The third-order valence-corrected chi connectivity index (χ3v) is 6.28. The molecule has 1 aliphatic rings. The minimum absolute atomic E-state index is 0.0100. The van der Waals surface area contributed by atoms with Crippen molar-refractivity contribution < 1.29 is 4.74 Å². The molecule has 4 aromatic rings. The quantitative estimate of drug-likeness (QED) is 0.394. The van der Waals surface area contributed by atoms with Crippen LogP contribution >= 0.6 is 0 Å². The average molecular weight is 465 g/mol. The van der Waals surface area contributed by atoms with Gasteiger partial charge in [0.2, 0.25) is 5.88 Å². The van der Waals surface area contributed by atoms with Crippen molar-refractivity contribution in [1.82, 2.24) is 19.9 Å². The van der Waals surface area contributed by atoms with Gasteiger partial charge in [0.05, 0.1) is 23.9 Å². The molecule has 0 saturated heterocycles. The number of benzene rings is 1. The first-order chi connectivity index (χ1) is 17.1. The summed E-state index contributed by atoms with van der Waals surface area (Å²) >= 11 is 0. The molecule has 5 rings (SSSR count). The van der Waals surface area contributed by atoms with E-state index >= 15 is 0 Å². The molecule has 4 heterocycles. The first-order valence-corrected chi connectivity index (χ1v) is 11.8. The average Bonchev–Trinajstić information content (AvgIpc) is 3.24. The van der Waals surface area contributed by atoms with Crippen LogP contribution in [0.25, 0.3) is 16.9 Å². The zero-order valence-electron chi connectivity index (χ0n) is 20.0. The molecule has 176 valence electrons. The van der Waals surface area contributed by atoms with Gasteiger partial charge in [0, 0.05) is 41.5 Å². The van der Waals surface area contributed by atoms with E-state index in [9.17, 15) is 0 Å². The van der Waals surface area contributed by atoms with E-state index in [4.69, 9.17) is 10.00 Å². The topological polar surface area (TPSA) is 87.8 Å². The van der Waals surface area contributed by atoms with Crippen molar-refractivity contribution in [3.63, 3.8) is 0 Å². The fourth-order valence-corrected chi connectivity index (χ4v) is 4.33. The summed E-state index contributed by atoms with van der Waals surface area (Å²) in [6, 6.07) is 20.3. The molecule has 1 aromatic carbocycles. The van der Waals surface area contributed by atoms with Crippen molar-refractivity contribution in [1.29, 1.82) is 5.26 Å². The molecular formula is C28H28N6O. The molecule has 0 saturated carbocycles. The number of hydrogen-bond donors (Lipinski definition) is 2. The van der Waals surface area contributed by atoms with Crippen LogP contribution in [0.2, 0.25) is 0 Å². The lowest BCUT2D eigenvalue weighted by atomic mass is 10.1. The monoisotopic (exact) mass is 464 g/mol. The minimum Gasteiger partial charge on any atom is -0.470 e. The summed E-state index contributed by atoms with van der Waals surface area (Å²) < 4.78 is 8.25. The van der Waals surface area contributed by atoms with E-state index in [-0.39, 0.29) is 6.10 Å². The van der Waals surface area contributed by atoms with Gasteiger partial charge in [-0.15, -0.1) is 0 Å². The minimum atomic E-state index is 0.0100. The van der Waals surface area contributed by atoms with Crippen LogP contribution < -0.4 is 15.4 Å². The Bertz CT molecular complexity index is 1330. The highest BCUT2D eigenvalue weighted by Gasteiger charge is 2.21. The van der Waals surface area contributed by atoms with Gasteiger partial charge in [0.15, 0.2) is 0 Å². The van der Waals surface area contributed by atoms with Crippen LogP contribution in [0.3, 0.4) is 0 Å². The number of nitrogens with one attached hydrogen (secondary N) is 2.